The van der Waals surface area contributed by atoms with Crippen LogP contribution >= 0.6 is 0 Å². The summed E-state index contributed by atoms with van der Waals surface area (Å²) in [5, 5.41) is 6.65. The third-order valence-electron chi connectivity index (χ3n) is 3.28. The topological polar surface area (TPSA) is 30.2 Å². The van der Waals surface area contributed by atoms with Crippen molar-refractivity contribution >= 4 is 16.4 Å². The highest BCUT2D eigenvalue weighted by molar-refractivity contribution is 5.93. The number of fused-ring (bicyclic) bond motifs is 3. The molecule has 0 spiro atoms. The van der Waals surface area contributed by atoms with E-state index in [4.69, 9.17) is 4.98 Å². The van der Waals surface area contributed by atoms with Crippen molar-refractivity contribution in [3.05, 3.63) is 67.0 Å². The zero-order chi connectivity index (χ0) is 12.7. The molecule has 0 aliphatic carbocycles. The Hall–Kier alpha value is -2.68. The van der Waals surface area contributed by atoms with Crippen LogP contribution in [0.2, 0.25) is 0 Å². The van der Waals surface area contributed by atoms with Crippen LogP contribution in [0.5, 0.6) is 0 Å². The monoisotopic (exact) mass is 245 g/mol. The molecule has 0 amide bonds. The van der Waals surface area contributed by atoms with E-state index in [0.717, 1.165) is 27.7 Å². The minimum Gasteiger partial charge on any atom is -0.226 e. The highest BCUT2D eigenvalue weighted by atomic mass is 15.2. The lowest BCUT2D eigenvalue weighted by Gasteiger charge is -1.97. The highest BCUT2D eigenvalue weighted by Gasteiger charge is 2.07. The van der Waals surface area contributed by atoms with E-state index in [0.29, 0.717) is 0 Å². The molecule has 4 aromatic rings. The van der Waals surface area contributed by atoms with Gasteiger partial charge in [0.2, 0.25) is 0 Å². The fourth-order valence-electron chi connectivity index (χ4n) is 2.33. The first-order chi connectivity index (χ1) is 9.42. The van der Waals surface area contributed by atoms with Crippen LogP contribution in [0.3, 0.4) is 0 Å². The minimum absolute atomic E-state index is 0.900. The first-order valence-electron chi connectivity index (χ1n) is 6.20. The average Bonchev–Trinajstić information content (AvgIpc) is 2.93. The molecule has 3 nitrogen and oxygen atoms in total. The summed E-state index contributed by atoms with van der Waals surface area (Å²) in [4.78, 5) is 4.71. The number of hydrogen-bond donors (Lipinski definition) is 0. The Balaban J connectivity index is 2.04. The molecule has 0 unspecified atom stereocenters. The quantitative estimate of drug-likeness (QED) is 0.513. The lowest BCUT2D eigenvalue weighted by Crippen LogP contribution is -1.89. The molecule has 4 rings (SSSR count). The predicted molar refractivity (Wildman–Crippen MR) is 75.9 cm³/mol. The lowest BCUT2D eigenvalue weighted by molar-refractivity contribution is 0.948. The van der Waals surface area contributed by atoms with Gasteiger partial charge in [-0.1, -0.05) is 54.6 Å². The van der Waals surface area contributed by atoms with Gasteiger partial charge >= 0.3 is 0 Å². The van der Waals surface area contributed by atoms with E-state index in [1.807, 2.05) is 47.2 Å². The van der Waals surface area contributed by atoms with E-state index in [1.165, 1.54) is 0 Å². The van der Waals surface area contributed by atoms with Gasteiger partial charge in [-0.3, -0.25) is 0 Å². The van der Waals surface area contributed by atoms with E-state index < -0.39 is 0 Å². The molecular weight excluding hydrogens is 234 g/mol. The van der Waals surface area contributed by atoms with Gasteiger partial charge in [0, 0.05) is 16.3 Å². The van der Waals surface area contributed by atoms with Crippen LogP contribution in [0.15, 0.2) is 67.0 Å². The molecule has 0 radical (unpaired) electrons. The Labute approximate surface area is 110 Å². The van der Waals surface area contributed by atoms with Crippen LogP contribution in [0, 0.1) is 0 Å². The van der Waals surface area contributed by atoms with Crippen molar-refractivity contribution in [1.82, 2.24) is 14.6 Å². The SMILES string of the molecule is c1ccc(-c2cn3ncc4ccccc4c3n2)cc1. The van der Waals surface area contributed by atoms with E-state index >= 15 is 0 Å². The third kappa shape index (κ3) is 1.59. The second kappa shape index (κ2) is 3.92. The second-order valence-electron chi connectivity index (χ2n) is 4.49. The molecule has 90 valence electrons. The summed E-state index contributed by atoms with van der Waals surface area (Å²) >= 11 is 0. The molecule has 0 N–H and O–H groups in total. The van der Waals surface area contributed by atoms with Gasteiger partial charge in [0.25, 0.3) is 0 Å². The van der Waals surface area contributed by atoms with Crippen LogP contribution in [0.4, 0.5) is 0 Å². The summed E-state index contributed by atoms with van der Waals surface area (Å²) in [6.45, 7) is 0. The van der Waals surface area contributed by atoms with E-state index in [1.54, 1.807) is 0 Å². The molecule has 0 fully saturated rings. The standard InChI is InChI=1S/C16H11N3/c1-2-6-12(7-3-1)15-11-19-16(18-15)14-9-5-4-8-13(14)10-17-19/h1-11H. The van der Waals surface area contributed by atoms with Crippen molar-refractivity contribution in [2.75, 3.05) is 0 Å². The number of nitrogens with zero attached hydrogens (tertiary/aromatic N) is 3. The molecule has 19 heavy (non-hydrogen) atoms. The van der Waals surface area contributed by atoms with Gasteiger partial charge < -0.3 is 0 Å². The summed E-state index contributed by atoms with van der Waals surface area (Å²) in [5.41, 5.74) is 2.96. The van der Waals surface area contributed by atoms with Gasteiger partial charge in [0.1, 0.15) is 0 Å². The zero-order valence-electron chi connectivity index (χ0n) is 10.2. The lowest BCUT2D eigenvalue weighted by atomic mass is 10.2. The minimum atomic E-state index is 0.900. The summed E-state index contributed by atoms with van der Waals surface area (Å²) in [6, 6.07) is 18.3. The molecule has 2 aromatic heterocycles. The molecule has 0 bridgehead atoms. The Bertz CT molecular complexity index is 863. The highest BCUT2D eigenvalue weighted by Crippen LogP contribution is 2.22. The van der Waals surface area contributed by atoms with Crippen LogP contribution in [0.1, 0.15) is 0 Å². The summed E-state index contributed by atoms with van der Waals surface area (Å²) < 4.78 is 1.84. The molecule has 2 heterocycles. The van der Waals surface area contributed by atoms with Crippen molar-refractivity contribution in [3.8, 4) is 11.3 Å². The molecule has 0 saturated heterocycles. The summed E-state index contributed by atoms with van der Waals surface area (Å²) in [5.74, 6) is 0. The molecule has 0 atom stereocenters. The molecular formula is C16H11N3. The maximum Gasteiger partial charge on any atom is 0.162 e. The van der Waals surface area contributed by atoms with Gasteiger partial charge in [-0.05, 0) is 0 Å². The maximum absolute atomic E-state index is 4.71. The van der Waals surface area contributed by atoms with Gasteiger partial charge in [0.05, 0.1) is 18.1 Å². The van der Waals surface area contributed by atoms with Crippen molar-refractivity contribution in [2.24, 2.45) is 0 Å². The maximum atomic E-state index is 4.71. The van der Waals surface area contributed by atoms with E-state index in [9.17, 15) is 0 Å². The fraction of sp³-hybridized carbons (Fsp3) is 0. The van der Waals surface area contributed by atoms with Crippen LogP contribution < -0.4 is 0 Å². The number of hydrogen-bond acceptors (Lipinski definition) is 2. The van der Waals surface area contributed by atoms with Crippen LogP contribution in [0.25, 0.3) is 27.7 Å². The molecule has 3 heteroatoms. The van der Waals surface area contributed by atoms with Gasteiger partial charge in [-0.2, -0.15) is 5.10 Å². The number of rotatable bonds is 1. The van der Waals surface area contributed by atoms with Crippen molar-refractivity contribution in [2.45, 2.75) is 0 Å². The smallest absolute Gasteiger partial charge is 0.162 e. The van der Waals surface area contributed by atoms with Crippen LogP contribution in [-0.2, 0) is 0 Å². The predicted octanol–water partition coefficient (Wildman–Crippen LogP) is 3.55. The number of imidazole rings is 1. The third-order valence-corrected chi connectivity index (χ3v) is 3.28. The largest absolute Gasteiger partial charge is 0.226 e. The Morgan fingerprint density at radius 2 is 1.63 bits per heavy atom. The van der Waals surface area contributed by atoms with Crippen molar-refractivity contribution < 1.29 is 0 Å². The van der Waals surface area contributed by atoms with E-state index in [-0.39, 0.29) is 0 Å². The number of benzene rings is 2. The molecule has 0 aliphatic heterocycles. The molecule has 2 aromatic carbocycles. The Kier molecular flexibility index (Phi) is 2.12. The Morgan fingerprint density at radius 3 is 2.53 bits per heavy atom. The van der Waals surface area contributed by atoms with Gasteiger partial charge in [-0.15, -0.1) is 0 Å². The first-order valence-corrected chi connectivity index (χ1v) is 6.20. The van der Waals surface area contributed by atoms with Gasteiger partial charge in [0.15, 0.2) is 5.65 Å². The van der Waals surface area contributed by atoms with Gasteiger partial charge in [-0.25, -0.2) is 9.50 Å². The fourth-order valence-corrected chi connectivity index (χ4v) is 2.33. The Morgan fingerprint density at radius 1 is 0.842 bits per heavy atom. The average molecular weight is 245 g/mol. The van der Waals surface area contributed by atoms with E-state index in [2.05, 4.69) is 29.4 Å². The number of aromatic nitrogens is 3. The molecule has 0 saturated carbocycles. The zero-order valence-corrected chi connectivity index (χ0v) is 10.2. The summed E-state index contributed by atoms with van der Waals surface area (Å²) in [6.07, 6.45) is 3.84. The second-order valence-corrected chi connectivity index (χ2v) is 4.49. The normalized spacial score (nSPS) is 11.2. The van der Waals surface area contributed by atoms with Crippen molar-refractivity contribution in [1.29, 1.82) is 0 Å². The van der Waals surface area contributed by atoms with Crippen molar-refractivity contribution in [3.63, 3.8) is 0 Å². The van der Waals surface area contributed by atoms with Crippen LogP contribution in [-0.4, -0.2) is 14.6 Å². The first kappa shape index (κ1) is 10.3. The summed E-state index contributed by atoms with van der Waals surface area (Å²) in [7, 11) is 0. The molecule has 0 aliphatic rings.